The summed E-state index contributed by atoms with van der Waals surface area (Å²) in [5.41, 5.74) is 7.66. The van der Waals surface area contributed by atoms with Crippen LogP contribution in [-0.4, -0.2) is 30.1 Å². The van der Waals surface area contributed by atoms with Crippen LogP contribution in [0.1, 0.15) is 25.3 Å². The average molecular weight is 264 g/mol. The van der Waals surface area contributed by atoms with E-state index in [1.807, 2.05) is 24.3 Å². The lowest BCUT2D eigenvalue weighted by molar-refractivity contribution is -0.137. The summed E-state index contributed by atoms with van der Waals surface area (Å²) in [7, 11) is 1.64. The molecule has 0 aromatic heterocycles. The Kier molecular flexibility index (Phi) is 5.51. The molecule has 0 spiro atoms. The first-order valence-electron chi connectivity index (χ1n) is 6.29. The highest BCUT2D eigenvalue weighted by Crippen LogP contribution is 2.15. The van der Waals surface area contributed by atoms with E-state index in [4.69, 9.17) is 10.8 Å². The molecule has 5 heteroatoms. The van der Waals surface area contributed by atoms with Gasteiger partial charge in [0.1, 0.15) is 0 Å². The normalized spacial score (nSPS) is 11.9. The maximum atomic E-state index is 12.0. The number of carbonyl (C=O) groups excluding carboxylic acids is 1. The van der Waals surface area contributed by atoms with Gasteiger partial charge in [0.05, 0.1) is 6.04 Å². The van der Waals surface area contributed by atoms with Crippen molar-refractivity contribution in [2.45, 2.75) is 32.2 Å². The quantitative estimate of drug-likeness (QED) is 0.813. The van der Waals surface area contributed by atoms with E-state index in [-0.39, 0.29) is 18.7 Å². The van der Waals surface area contributed by atoms with Gasteiger partial charge in [0.15, 0.2) is 0 Å². The van der Waals surface area contributed by atoms with E-state index in [1.165, 1.54) is 10.5 Å². The zero-order valence-electron chi connectivity index (χ0n) is 11.3. The summed E-state index contributed by atoms with van der Waals surface area (Å²) in [4.78, 5) is 23.9. The molecule has 3 N–H and O–H groups in total. The Bertz CT molecular complexity index is 443. The van der Waals surface area contributed by atoms with Crippen molar-refractivity contribution in [3.8, 4) is 0 Å². The molecule has 104 valence electrons. The van der Waals surface area contributed by atoms with Crippen molar-refractivity contribution in [3.05, 3.63) is 29.8 Å². The van der Waals surface area contributed by atoms with Crippen LogP contribution in [0.2, 0.25) is 0 Å². The van der Waals surface area contributed by atoms with E-state index in [0.29, 0.717) is 0 Å². The number of hydrogen-bond donors (Lipinski definition) is 2. The Morgan fingerprint density at radius 1 is 1.32 bits per heavy atom. The number of aryl methyl sites for hydroxylation is 1. The zero-order valence-corrected chi connectivity index (χ0v) is 11.3. The first kappa shape index (κ1) is 15.2. The third kappa shape index (κ3) is 4.37. The molecular weight excluding hydrogens is 244 g/mol. The fourth-order valence-corrected chi connectivity index (χ4v) is 1.73. The Labute approximate surface area is 113 Å². The Hall–Kier alpha value is -1.88. The SMILES string of the molecule is CCc1ccc(N(C)C(=O)C(N)CCC(=O)O)cc1. The summed E-state index contributed by atoms with van der Waals surface area (Å²) in [6, 6.07) is 6.86. The van der Waals surface area contributed by atoms with Crippen molar-refractivity contribution in [1.82, 2.24) is 0 Å². The standard InChI is InChI=1S/C14H20N2O3/c1-3-10-4-6-11(7-5-10)16(2)14(19)12(15)8-9-13(17)18/h4-7,12H,3,8-9,15H2,1-2H3,(H,17,18). The van der Waals surface area contributed by atoms with Gasteiger partial charge in [-0.15, -0.1) is 0 Å². The van der Waals surface area contributed by atoms with Gasteiger partial charge in [0, 0.05) is 19.2 Å². The third-order valence-electron chi connectivity index (χ3n) is 3.05. The molecule has 0 aliphatic carbocycles. The van der Waals surface area contributed by atoms with Crippen molar-refractivity contribution in [2.24, 2.45) is 5.73 Å². The lowest BCUT2D eigenvalue weighted by atomic mass is 10.1. The van der Waals surface area contributed by atoms with E-state index in [0.717, 1.165) is 12.1 Å². The van der Waals surface area contributed by atoms with Crippen LogP contribution in [-0.2, 0) is 16.0 Å². The van der Waals surface area contributed by atoms with Crippen LogP contribution in [0.5, 0.6) is 0 Å². The first-order valence-corrected chi connectivity index (χ1v) is 6.29. The number of rotatable bonds is 6. The van der Waals surface area contributed by atoms with Crippen LogP contribution in [0.3, 0.4) is 0 Å². The number of aliphatic carboxylic acids is 1. The molecule has 1 aromatic carbocycles. The van der Waals surface area contributed by atoms with E-state index in [1.54, 1.807) is 7.05 Å². The minimum Gasteiger partial charge on any atom is -0.481 e. The van der Waals surface area contributed by atoms with Gasteiger partial charge < -0.3 is 15.7 Å². The number of likely N-dealkylation sites (N-methyl/N-ethyl adjacent to an activating group) is 1. The number of carbonyl (C=O) groups is 2. The summed E-state index contributed by atoms with van der Waals surface area (Å²) in [6.45, 7) is 2.06. The number of nitrogens with two attached hydrogens (primary N) is 1. The van der Waals surface area contributed by atoms with Gasteiger partial charge in [0.2, 0.25) is 5.91 Å². The van der Waals surface area contributed by atoms with Crippen molar-refractivity contribution in [1.29, 1.82) is 0 Å². The second kappa shape index (κ2) is 6.89. The Morgan fingerprint density at radius 2 is 1.89 bits per heavy atom. The maximum absolute atomic E-state index is 12.0. The van der Waals surface area contributed by atoms with E-state index in [2.05, 4.69) is 6.92 Å². The zero-order chi connectivity index (χ0) is 14.4. The molecule has 1 atom stereocenters. The largest absolute Gasteiger partial charge is 0.481 e. The third-order valence-corrected chi connectivity index (χ3v) is 3.05. The van der Waals surface area contributed by atoms with Crippen LogP contribution in [0, 0.1) is 0 Å². The highest BCUT2D eigenvalue weighted by molar-refractivity contribution is 5.96. The van der Waals surface area contributed by atoms with E-state index >= 15 is 0 Å². The van der Waals surface area contributed by atoms with Crippen LogP contribution in [0.25, 0.3) is 0 Å². The molecule has 0 fully saturated rings. The molecule has 1 amide bonds. The molecule has 19 heavy (non-hydrogen) atoms. The van der Waals surface area contributed by atoms with Gasteiger partial charge in [-0.05, 0) is 30.5 Å². The number of hydrogen-bond acceptors (Lipinski definition) is 3. The number of benzene rings is 1. The summed E-state index contributed by atoms with van der Waals surface area (Å²) in [5.74, 6) is -1.22. The summed E-state index contributed by atoms with van der Waals surface area (Å²) in [6.07, 6.45) is 0.983. The van der Waals surface area contributed by atoms with E-state index < -0.39 is 12.0 Å². The molecule has 0 saturated carbocycles. The fraction of sp³-hybridized carbons (Fsp3) is 0.429. The molecule has 0 bridgehead atoms. The second-order valence-electron chi connectivity index (χ2n) is 4.46. The molecule has 1 rings (SSSR count). The predicted molar refractivity (Wildman–Crippen MR) is 74.1 cm³/mol. The van der Waals surface area contributed by atoms with Crippen LogP contribution in [0.4, 0.5) is 5.69 Å². The van der Waals surface area contributed by atoms with Gasteiger partial charge in [0.25, 0.3) is 0 Å². The average Bonchev–Trinajstić information content (AvgIpc) is 2.43. The monoisotopic (exact) mass is 264 g/mol. The molecule has 1 unspecified atom stereocenters. The van der Waals surface area contributed by atoms with Crippen molar-refractivity contribution in [2.75, 3.05) is 11.9 Å². The predicted octanol–water partition coefficient (Wildman–Crippen LogP) is 1.40. The van der Waals surface area contributed by atoms with Gasteiger partial charge in [-0.1, -0.05) is 19.1 Å². The molecule has 0 aliphatic rings. The fourth-order valence-electron chi connectivity index (χ4n) is 1.73. The van der Waals surface area contributed by atoms with Crippen molar-refractivity contribution < 1.29 is 14.7 Å². The smallest absolute Gasteiger partial charge is 0.303 e. The van der Waals surface area contributed by atoms with Gasteiger partial charge in [-0.3, -0.25) is 9.59 Å². The Balaban J connectivity index is 2.66. The van der Waals surface area contributed by atoms with Gasteiger partial charge >= 0.3 is 5.97 Å². The van der Waals surface area contributed by atoms with Crippen LogP contribution < -0.4 is 10.6 Å². The van der Waals surface area contributed by atoms with Crippen LogP contribution in [0.15, 0.2) is 24.3 Å². The minimum absolute atomic E-state index is 0.102. The molecule has 0 radical (unpaired) electrons. The van der Waals surface area contributed by atoms with Crippen LogP contribution >= 0.6 is 0 Å². The maximum Gasteiger partial charge on any atom is 0.303 e. The lowest BCUT2D eigenvalue weighted by Gasteiger charge is -2.21. The number of amides is 1. The molecule has 0 saturated heterocycles. The first-order chi connectivity index (χ1) is 8.95. The molecular formula is C14H20N2O3. The van der Waals surface area contributed by atoms with Gasteiger partial charge in [-0.25, -0.2) is 0 Å². The molecule has 1 aromatic rings. The highest BCUT2D eigenvalue weighted by atomic mass is 16.4. The molecule has 0 heterocycles. The number of carboxylic acids is 1. The van der Waals surface area contributed by atoms with Crippen molar-refractivity contribution in [3.63, 3.8) is 0 Å². The molecule has 5 nitrogen and oxygen atoms in total. The minimum atomic E-state index is -0.946. The highest BCUT2D eigenvalue weighted by Gasteiger charge is 2.19. The number of anilines is 1. The lowest BCUT2D eigenvalue weighted by Crippen LogP contribution is -2.42. The van der Waals surface area contributed by atoms with E-state index in [9.17, 15) is 9.59 Å². The summed E-state index contributed by atoms with van der Waals surface area (Å²) < 4.78 is 0. The van der Waals surface area contributed by atoms with Gasteiger partial charge in [-0.2, -0.15) is 0 Å². The second-order valence-corrected chi connectivity index (χ2v) is 4.46. The Morgan fingerprint density at radius 3 is 2.37 bits per heavy atom. The topological polar surface area (TPSA) is 83.6 Å². The van der Waals surface area contributed by atoms with Crippen molar-refractivity contribution >= 4 is 17.6 Å². The number of carboxylic acid groups (broad SMARTS) is 1. The summed E-state index contributed by atoms with van der Waals surface area (Å²) in [5, 5.41) is 8.58. The molecule has 0 aliphatic heterocycles. The summed E-state index contributed by atoms with van der Waals surface area (Å²) >= 11 is 0. The number of nitrogens with zero attached hydrogens (tertiary/aromatic N) is 1.